The van der Waals surface area contributed by atoms with Gasteiger partial charge in [0.05, 0.1) is 0 Å². The third kappa shape index (κ3) is 3.91. The molecule has 1 amide bonds. The number of allylic oxidation sites excluding steroid dienone is 4. The van der Waals surface area contributed by atoms with Crippen molar-refractivity contribution in [2.45, 2.75) is 57.2 Å². The van der Waals surface area contributed by atoms with Crippen molar-refractivity contribution in [3.63, 3.8) is 0 Å². The Morgan fingerprint density at radius 1 is 1.12 bits per heavy atom. The van der Waals surface area contributed by atoms with Gasteiger partial charge in [-0.25, -0.2) is 0 Å². The number of carbonyl (C=O) groups excluding carboxylic acids is 1. The molecule has 0 saturated heterocycles. The molecule has 0 bridgehead atoms. The third-order valence-electron chi connectivity index (χ3n) is 6.58. The summed E-state index contributed by atoms with van der Waals surface area (Å²) in [6.45, 7) is 4.91. The average Bonchev–Trinajstić information content (AvgIpc) is 2.98. The molecule has 0 spiro atoms. The Morgan fingerprint density at radius 3 is 2.21 bits per heavy atom. The summed E-state index contributed by atoms with van der Waals surface area (Å²) in [7, 11) is -0.843. The molecule has 3 rings (SSSR count). The topological polar surface area (TPSA) is 29.1 Å². The zero-order valence-electron chi connectivity index (χ0n) is 14.6. The molecule has 2 fully saturated rings. The number of hydrogen-bond donors (Lipinski definition) is 1. The molecular formula is C18H28Cl2NOSiTi. The Kier molecular flexibility index (Phi) is 8.83. The van der Waals surface area contributed by atoms with Gasteiger partial charge in [0.1, 0.15) is 0 Å². The average molecular weight is 421 g/mol. The summed E-state index contributed by atoms with van der Waals surface area (Å²) in [5, 5.41) is 0. The summed E-state index contributed by atoms with van der Waals surface area (Å²) in [6.07, 6.45) is 16.6. The van der Waals surface area contributed by atoms with Crippen molar-refractivity contribution in [3.05, 3.63) is 24.3 Å². The van der Waals surface area contributed by atoms with Crippen LogP contribution in [0.2, 0.25) is 18.6 Å². The van der Waals surface area contributed by atoms with E-state index in [0.717, 1.165) is 6.42 Å². The van der Waals surface area contributed by atoms with Gasteiger partial charge < -0.3 is 24.8 Å². The number of fused-ring (bicyclic) bond motifs is 1. The van der Waals surface area contributed by atoms with Crippen LogP contribution in [-0.2, 0) is 25.5 Å². The van der Waals surface area contributed by atoms with E-state index in [1.807, 2.05) is 20.7 Å². The van der Waals surface area contributed by atoms with E-state index >= 15 is 0 Å². The zero-order chi connectivity index (χ0) is 15.7. The zero-order valence-corrected chi connectivity index (χ0v) is 18.8. The van der Waals surface area contributed by atoms with Crippen molar-refractivity contribution >= 4 is 14.7 Å². The van der Waals surface area contributed by atoms with Gasteiger partial charge in [-0.05, 0) is 0 Å². The Bertz CT molecular complexity index is 479. The van der Waals surface area contributed by atoms with E-state index in [-0.39, 0.29) is 30.2 Å². The van der Waals surface area contributed by atoms with Crippen LogP contribution in [0.3, 0.4) is 0 Å². The summed E-state index contributed by atoms with van der Waals surface area (Å²) in [6, 6.07) is 0. The summed E-state index contributed by atoms with van der Waals surface area (Å²) >= 11 is 1.85. The largest absolute Gasteiger partial charge is 1.00 e. The van der Waals surface area contributed by atoms with Crippen LogP contribution in [0, 0.1) is 23.2 Å². The molecule has 2 saturated carbocycles. The molecule has 0 radical (unpaired) electrons. The van der Waals surface area contributed by atoms with Crippen LogP contribution in [0.15, 0.2) is 24.3 Å². The van der Waals surface area contributed by atoms with Gasteiger partial charge in [-0.1, -0.05) is 0 Å². The summed E-state index contributed by atoms with van der Waals surface area (Å²) < 4.78 is 3.07. The first-order chi connectivity index (χ1) is 10.6. The number of amides is 1. The number of carbonyl (C=O) groups is 1. The van der Waals surface area contributed by atoms with Crippen LogP contribution >= 0.6 is 0 Å². The van der Waals surface area contributed by atoms with Gasteiger partial charge in [-0.2, -0.15) is 0 Å². The summed E-state index contributed by atoms with van der Waals surface area (Å²) in [5.74, 6) is 2.28. The number of hydrogen-bond acceptors (Lipinski definition) is 1. The third-order valence-corrected chi connectivity index (χ3v) is 9.47. The van der Waals surface area contributed by atoms with E-state index in [9.17, 15) is 4.79 Å². The molecule has 0 aliphatic heterocycles. The second-order valence-electron chi connectivity index (χ2n) is 7.86. The maximum Gasteiger partial charge on any atom is -1.00 e. The quantitative estimate of drug-likeness (QED) is 0.514. The van der Waals surface area contributed by atoms with Crippen molar-refractivity contribution in [1.82, 2.24) is 3.80 Å². The van der Waals surface area contributed by atoms with Gasteiger partial charge in [0.25, 0.3) is 0 Å². The van der Waals surface area contributed by atoms with Crippen molar-refractivity contribution in [3.8, 4) is 0 Å². The van der Waals surface area contributed by atoms with Crippen molar-refractivity contribution < 1.29 is 50.3 Å². The van der Waals surface area contributed by atoms with Crippen LogP contribution < -0.4 is 28.6 Å². The fourth-order valence-corrected chi connectivity index (χ4v) is 8.67. The smallest absolute Gasteiger partial charge is 1.00 e. The first kappa shape index (κ1) is 22.5. The normalized spacial score (nSPS) is 37.4. The molecule has 24 heavy (non-hydrogen) atoms. The molecule has 1 N–H and O–H groups in total. The molecule has 4 unspecified atom stereocenters. The number of nitrogens with one attached hydrogen (secondary N) is 1. The first-order valence-corrected chi connectivity index (χ1v) is 12.7. The van der Waals surface area contributed by atoms with Gasteiger partial charge in [-0.15, -0.1) is 0 Å². The molecule has 133 valence electrons. The van der Waals surface area contributed by atoms with E-state index in [2.05, 4.69) is 41.2 Å². The molecule has 0 aromatic heterocycles. The number of rotatable bonds is 3. The molecule has 3 aliphatic rings. The Labute approximate surface area is 172 Å². The fraction of sp³-hybridized carbons (Fsp3) is 0.722. The molecule has 6 heteroatoms. The fourth-order valence-electron chi connectivity index (χ4n) is 5.62. The monoisotopic (exact) mass is 420 g/mol. The summed E-state index contributed by atoms with van der Waals surface area (Å²) in [5.41, 5.74) is 0.617. The first-order valence-electron chi connectivity index (χ1n) is 8.91. The van der Waals surface area contributed by atoms with Crippen molar-refractivity contribution in [1.29, 1.82) is 0 Å². The van der Waals surface area contributed by atoms with E-state index in [4.69, 9.17) is 0 Å². The van der Waals surface area contributed by atoms with Gasteiger partial charge in [0.2, 0.25) is 0 Å². The van der Waals surface area contributed by atoms with Crippen LogP contribution in [0.25, 0.3) is 0 Å². The molecule has 0 heterocycles. The Balaban J connectivity index is 0.00000144. The van der Waals surface area contributed by atoms with E-state index < -0.39 is 8.80 Å². The van der Waals surface area contributed by atoms with Crippen LogP contribution in [0.5, 0.6) is 0 Å². The van der Waals surface area contributed by atoms with E-state index in [1.54, 1.807) is 0 Å². The van der Waals surface area contributed by atoms with E-state index in [0.29, 0.717) is 29.2 Å². The molecule has 3 aliphatic carbocycles. The molecule has 0 aromatic rings. The predicted molar refractivity (Wildman–Crippen MR) is 89.7 cm³/mol. The minimum absolute atomic E-state index is 0. The Morgan fingerprint density at radius 2 is 1.71 bits per heavy atom. The maximum atomic E-state index is 13.1. The van der Waals surface area contributed by atoms with Crippen molar-refractivity contribution in [2.24, 2.45) is 23.2 Å². The maximum absolute atomic E-state index is 13.1. The minimum atomic E-state index is -0.843. The van der Waals surface area contributed by atoms with Gasteiger partial charge in [0, 0.05) is 0 Å². The SMILES string of the molecule is C[SiH](C)C1CCCCC1(C(=O)[NH][Ti+2])C1CC2C=CC=CC2C1.[Cl-].[Cl-]. The summed E-state index contributed by atoms with van der Waals surface area (Å²) in [4.78, 5) is 13.1. The predicted octanol–water partition coefficient (Wildman–Crippen LogP) is -2.24. The molecular weight excluding hydrogens is 393 g/mol. The van der Waals surface area contributed by atoms with Gasteiger partial charge in [0.15, 0.2) is 0 Å². The second-order valence-corrected chi connectivity index (χ2v) is 11.5. The molecule has 4 atom stereocenters. The van der Waals surface area contributed by atoms with Crippen LogP contribution in [0.1, 0.15) is 38.5 Å². The Hall–Kier alpha value is 0.461. The molecule has 2 nitrogen and oxygen atoms in total. The number of halogens is 2. The van der Waals surface area contributed by atoms with E-state index in [1.165, 1.54) is 32.1 Å². The van der Waals surface area contributed by atoms with Crippen LogP contribution in [0.4, 0.5) is 0 Å². The van der Waals surface area contributed by atoms with Gasteiger partial charge in [-0.3, -0.25) is 0 Å². The second kappa shape index (κ2) is 9.41. The van der Waals surface area contributed by atoms with Crippen molar-refractivity contribution in [2.75, 3.05) is 0 Å². The minimum Gasteiger partial charge on any atom is -1.00 e. The standard InChI is InChI=1S/C18H29NOSi.2ClH.Ti/c1-21(2)16-9-5-6-10-18(16,17(19)20)15-11-13-7-3-4-8-14(13)12-15;;;/h3-4,7-8,13-16,21H,5-6,9-12H2,1-2H3,(H2,19,20);2*1H;/q;;;+3/p-3. The van der Waals surface area contributed by atoms with Crippen LogP contribution in [-0.4, -0.2) is 14.7 Å². The van der Waals surface area contributed by atoms with Gasteiger partial charge >= 0.3 is 149 Å². The molecule has 0 aromatic carbocycles.